The molecule has 0 spiro atoms. The van der Waals surface area contributed by atoms with Gasteiger partial charge in [0, 0.05) is 17.1 Å². The average Bonchev–Trinajstić information content (AvgIpc) is 2.46. The van der Waals surface area contributed by atoms with Crippen molar-refractivity contribution in [1.82, 2.24) is 0 Å². The van der Waals surface area contributed by atoms with Gasteiger partial charge < -0.3 is 5.73 Å². The highest BCUT2D eigenvalue weighted by Gasteiger charge is 1.97. The van der Waals surface area contributed by atoms with Crippen LogP contribution in [0.5, 0.6) is 0 Å². The van der Waals surface area contributed by atoms with Gasteiger partial charge in [-0.1, -0.05) is 53.8 Å². The van der Waals surface area contributed by atoms with Crippen LogP contribution in [0.4, 0.5) is 0 Å². The monoisotopic (exact) mass is 281 g/mol. The van der Waals surface area contributed by atoms with Gasteiger partial charge in [0.2, 0.25) is 0 Å². The fourth-order valence-electron chi connectivity index (χ4n) is 1.98. The number of aryl methyl sites for hydroxylation is 1. The summed E-state index contributed by atoms with van der Waals surface area (Å²) in [7, 11) is 0. The molecule has 0 heterocycles. The van der Waals surface area contributed by atoms with Crippen LogP contribution in [-0.4, -0.2) is 6.54 Å². The van der Waals surface area contributed by atoms with Gasteiger partial charge in [0.15, 0.2) is 0 Å². The quantitative estimate of drug-likeness (QED) is 0.864. The van der Waals surface area contributed by atoms with Crippen LogP contribution in [0, 0.1) is 18.8 Å². The van der Waals surface area contributed by atoms with Gasteiger partial charge in [0.25, 0.3) is 0 Å². The number of rotatable bonds is 4. The summed E-state index contributed by atoms with van der Waals surface area (Å²) in [5, 5.41) is 0. The molecule has 0 aliphatic carbocycles. The third-order valence-corrected chi connectivity index (χ3v) is 3.96. The molecule has 2 aromatic carbocycles. The maximum atomic E-state index is 5.39. The van der Waals surface area contributed by atoms with Gasteiger partial charge in [-0.3, -0.25) is 0 Å². The van der Waals surface area contributed by atoms with E-state index >= 15 is 0 Å². The lowest BCUT2D eigenvalue weighted by Gasteiger charge is -2.04. The molecule has 20 heavy (non-hydrogen) atoms. The number of thioether (sulfide) groups is 1. The second-order valence-corrected chi connectivity index (χ2v) is 5.67. The number of hydrogen-bond donors (Lipinski definition) is 1. The van der Waals surface area contributed by atoms with E-state index in [1.807, 2.05) is 17.8 Å². The summed E-state index contributed by atoms with van der Waals surface area (Å²) in [6, 6.07) is 17.1. The number of hydrogen-bond acceptors (Lipinski definition) is 2. The standard InChI is InChI=1S/C18H19NS/c1-15-5-2-7-17(11-15)13-20-14-18-8-3-6-16(12-18)9-4-10-19/h2-3,5-8,11-12H,10,13-14,19H2,1H3. The molecule has 2 heteroatoms. The Balaban J connectivity index is 1.91. The van der Waals surface area contributed by atoms with Crippen LogP contribution in [0.1, 0.15) is 22.3 Å². The first-order valence-corrected chi connectivity index (χ1v) is 7.84. The molecular weight excluding hydrogens is 262 g/mol. The van der Waals surface area contributed by atoms with Crippen molar-refractivity contribution in [3.63, 3.8) is 0 Å². The first-order valence-electron chi connectivity index (χ1n) is 6.69. The molecule has 0 aliphatic heterocycles. The Kier molecular flexibility index (Phi) is 5.73. The minimum atomic E-state index is 0.409. The summed E-state index contributed by atoms with van der Waals surface area (Å²) < 4.78 is 0. The molecule has 1 nitrogen and oxygen atoms in total. The van der Waals surface area contributed by atoms with Gasteiger partial charge in [0.05, 0.1) is 6.54 Å². The molecule has 0 radical (unpaired) electrons. The van der Waals surface area contributed by atoms with Crippen molar-refractivity contribution in [2.75, 3.05) is 6.54 Å². The molecule has 2 aromatic rings. The Bertz CT molecular complexity index is 623. The summed E-state index contributed by atoms with van der Waals surface area (Å²) in [6.45, 7) is 2.54. The predicted molar refractivity (Wildman–Crippen MR) is 88.6 cm³/mol. The Morgan fingerprint density at radius 3 is 2.40 bits per heavy atom. The molecule has 0 bridgehead atoms. The zero-order chi connectivity index (χ0) is 14.2. The molecule has 0 aromatic heterocycles. The fraction of sp³-hybridized carbons (Fsp3) is 0.222. The molecule has 0 aliphatic rings. The van der Waals surface area contributed by atoms with Crippen molar-refractivity contribution in [3.8, 4) is 11.8 Å². The van der Waals surface area contributed by atoms with Crippen molar-refractivity contribution in [1.29, 1.82) is 0 Å². The second kappa shape index (κ2) is 7.79. The molecule has 2 rings (SSSR count). The maximum absolute atomic E-state index is 5.39. The van der Waals surface area contributed by atoms with E-state index in [2.05, 4.69) is 61.2 Å². The molecule has 0 amide bonds. The van der Waals surface area contributed by atoms with E-state index in [1.54, 1.807) is 0 Å². The summed E-state index contributed by atoms with van der Waals surface area (Å²) >= 11 is 1.93. The zero-order valence-electron chi connectivity index (χ0n) is 11.7. The Morgan fingerprint density at radius 2 is 1.70 bits per heavy atom. The topological polar surface area (TPSA) is 26.0 Å². The molecule has 0 saturated carbocycles. The van der Waals surface area contributed by atoms with E-state index < -0.39 is 0 Å². The predicted octanol–water partition coefficient (Wildman–Crippen LogP) is 3.74. The Hall–Kier alpha value is -1.69. The van der Waals surface area contributed by atoms with Crippen LogP contribution in [0.3, 0.4) is 0 Å². The third kappa shape index (κ3) is 4.77. The van der Waals surface area contributed by atoms with Crippen LogP contribution in [-0.2, 0) is 11.5 Å². The van der Waals surface area contributed by atoms with Gasteiger partial charge in [-0.05, 0) is 30.2 Å². The van der Waals surface area contributed by atoms with Crippen LogP contribution in [0.15, 0.2) is 48.5 Å². The third-order valence-electron chi connectivity index (χ3n) is 2.88. The van der Waals surface area contributed by atoms with E-state index in [1.165, 1.54) is 16.7 Å². The van der Waals surface area contributed by atoms with Gasteiger partial charge in [-0.15, -0.1) is 0 Å². The van der Waals surface area contributed by atoms with Gasteiger partial charge in [-0.2, -0.15) is 11.8 Å². The van der Waals surface area contributed by atoms with Crippen LogP contribution in [0.25, 0.3) is 0 Å². The average molecular weight is 281 g/mol. The first-order chi connectivity index (χ1) is 9.78. The van der Waals surface area contributed by atoms with Crippen molar-refractivity contribution in [3.05, 3.63) is 70.8 Å². The molecule has 102 valence electrons. The highest BCUT2D eigenvalue weighted by Crippen LogP contribution is 2.19. The molecule has 0 fully saturated rings. The van der Waals surface area contributed by atoms with E-state index in [9.17, 15) is 0 Å². The first kappa shape index (κ1) is 14.7. The lowest BCUT2D eigenvalue weighted by atomic mass is 10.1. The summed E-state index contributed by atoms with van der Waals surface area (Å²) in [6.07, 6.45) is 0. The zero-order valence-corrected chi connectivity index (χ0v) is 12.5. The SMILES string of the molecule is Cc1cccc(CSCc2cccc(C#CCN)c2)c1. The molecule has 2 N–H and O–H groups in total. The van der Waals surface area contributed by atoms with Crippen molar-refractivity contribution >= 4 is 11.8 Å². The molecule has 0 saturated heterocycles. The van der Waals surface area contributed by atoms with E-state index in [0.717, 1.165) is 17.1 Å². The molecular formula is C18H19NS. The summed E-state index contributed by atoms with van der Waals surface area (Å²) in [4.78, 5) is 0. The Labute approximate surface area is 125 Å². The second-order valence-electron chi connectivity index (χ2n) is 4.69. The number of nitrogens with two attached hydrogens (primary N) is 1. The maximum Gasteiger partial charge on any atom is 0.0555 e. The fourth-order valence-corrected chi connectivity index (χ4v) is 2.91. The van der Waals surface area contributed by atoms with Gasteiger partial charge in [0.1, 0.15) is 0 Å². The normalized spacial score (nSPS) is 9.90. The van der Waals surface area contributed by atoms with E-state index in [4.69, 9.17) is 5.73 Å². The van der Waals surface area contributed by atoms with Crippen LogP contribution >= 0.6 is 11.8 Å². The smallest absolute Gasteiger partial charge is 0.0555 e. The summed E-state index contributed by atoms with van der Waals surface area (Å²) in [5.41, 5.74) is 10.5. The van der Waals surface area contributed by atoms with Crippen molar-refractivity contribution < 1.29 is 0 Å². The molecule has 0 atom stereocenters. The number of benzene rings is 2. The Morgan fingerprint density at radius 1 is 1.00 bits per heavy atom. The largest absolute Gasteiger partial charge is 0.320 e. The lowest BCUT2D eigenvalue weighted by molar-refractivity contribution is 1.30. The highest BCUT2D eigenvalue weighted by molar-refractivity contribution is 7.97. The summed E-state index contributed by atoms with van der Waals surface area (Å²) in [5.74, 6) is 8.02. The van der Waals surface area contributed by atoms with Crippen molar-refractivity contribution in [2.45, 2.75) is 18.4 Å². The minimum absolute atomic E-state index is 0.409. The van der Waals surface area contributed by atoms with Crippen molar-refractivity contribution in [2.24, 2.45) is 5.73 Å². The highest BCUT2D eigenvalue weighted by atomic mass is 32.2. The van der Waals surface area contributed by atoms with Crippen LogP contribution < -0.4 is 5.73 Å². The van der Waals surface area contributed by atoms with E-state index in [0.29, 0.717) is 6.54 Å². The van der Waals surface area contributed by atoms with Crippen LogP contribution in [0.2, 0.25) is 0 Å². The van der Waals surface area contributed by atoms with Gasteiger partial charge in [-0.25, -0.2) is 0 Å². The lowest BCUT2D eigenvalue weighted by Crippen LogP contribution is -1.93. The van der Waals surface area contributed by atoms with Gasteiger partial charge >= 0.3 is 0 Å². The van der Waals surface area contributed by atoms with E-state index in [-0.39, 0.29) is 0 Å². The molecule has 0 unspecified atom stereocenters. The minimum Gasteiger partial charge on any atom is -0.320 e.